The van der Waals surface area contributed by atoms with Gasteiger partial charge in [-0.15, -0.1) is 0 Å². The minimum atomic E-state index is 0.306. The lowest BCUT2D eigenvalue weighted by Gasteiger charge is -2.27. The Morgan fingerprint density at radius 2 is 2.15 bits per heavy atom. The van der Waals surface area contributed by atoms with Gasteiger partial charge in [0.1, 0.15) is 5.82 Å². The third-order valence-electron chi connectivity index (χ3n) is 3.36. The van der Waals surface area contributed by atoms with E-state index in [2.05, 4.69) is 26.3 Å². The van der Waals surface area contributed by atoms with Gasteiger partial charge in [-0.25, -0.2) is 9.98 Å². The standard InChI is InChI=1S/C15H25N5/c1-12(2)19-15(16)18-11-13-6-7-17-14(10-13)20-8-4-3-5-9-20/h6-7,10,12H,3-5,8-9,11H2,1-2H3,(H3,16,18,19). The molecule has 0 atom stereocenters. The monoisotopic (exact) mass is 275 g/mol. The van der Waals surface area contributed by atoms with E-state index in [1.807, 2.05) is 26.1 Å². The Kier molecular flexibility index (Phi) is 5.21. The van der Waals surface area contributed by atoms with E-state index in [1.54, 1.807) is 0 Å². The quantitative estimate of drug-likeness (QED) is 0.650. The predicted octanol–water partition coefficient (Wildman–Crippen LogP) is 1.88. The summed E-state index contributed by atoms with van der Waals surface area (Å²) in [5.41, 5.74) is 6.96. The molecule has 0 aromatic carbocycles. The Morgan fingerprint density at radius 3 is 2.85 bits per heavy atom. The second-order valence-corrected chi connectivity index (χ2v) is 5.57. The molecular weight excluding hydrogens is 250 g/mol. The topological polar surface area (TPSA) is 66.5 Å². The first-order valence-electron chi connectivity index (χ1n) is 7.41. The largest absolute Gasteiger partial charge is 0.370 e. The number of hydrogen-bond acceptors (Lipinski definition) is 3. The van der Waals surface area contributed by atoms with E-state index in [0.29, 0.717) is 18.5 Å². The number of hydrogen-bond donors (Lipinski definition) is 2. The van der Waals surface area contributed by atoms with Gasteiger partial charge in [0.05, 0.1) is 6.54 Å². The number of aromatic nitrogens is 1. The summed E-state index contributed by atoms with van der Waals surface area (Å²) < 4.78 is 0. The fourth-order valence-corrected chi connectivity index (χ4v) is 2.37. The first-order chi connectivity index (χ1) is 9.65. The molecule has 110 valence electrons. The molecule has 3 N–H and O–H groups in total. The summed E-state index contributed by atoms with van der Waals surface area (Å²) in [4.78, 5) is 11.2. The van der Waals surface area contributed by atoms with Gasteiger partial charge < -0.3 is 16.0 Å². The van der Waals surface area contributed by atoms with Crippen LogP contribution in [0.25, 0.3) is 0 Å². The maximum atomic E-state index is 5.82. The Bertz CT molecular complexity index is 449. The summed E-state index contributed by atoms with van der Waals surface area (Å²) in [6, 6.07) is 4.43. The third kappa shape index (κ3) is 4.40. The number of nitrogens with two attached hydrogens (primary N) is 1. The lowest BCUT2D eigenvalue weighted by molar-refractivity contribution is 0.573. The minimum absolute atomic E-state index is 0.306. The average molecular weight is 275 g/mol. The van der Waals surface area contributed by atoms with Gasteiger partial charge in [0.2, 0.25) is 0 Å². The maximum Gasteiger partial charge on any atom is 0.189 e. The van der Waals surface area contributed by atoms with Crippen LogP contribution in [-0.2, 0) is 6.54 Å². The van der Waals surface area contributed by atoms with E-state index >= 15 is 0 Å². The molecule has 0 unspecified atom stereocenters. The van der Waals surface area contributed by atoms with Gasteiger partial charge in [-0.2, -0.15) is 0 Å². The van der Waals surface area contributed by atoms with Gasteiger partial charge in [-0.3, -0.25) is 0 Å². The molecule has 5 nitrogen and oxygen atoms in total. The lowest BCUT2D eigenvalue weighted by atomic mass is 10.1. The van der Waals surface area contributed by atoms with E-state index in [9.17, 15) is 0 Å². The molecule has 1 aliphatic rings. The van der Waals surface area contributed by atoms with E-state index in [0.717, 1.165) is 24.5 Å². The number of piperidine rings is 1. The predicted molar refractivity (Wildman–Crippen MR) is 83.9 cm³/mol. The summed E-state index contributed by atoms with van der Waals surface area (Å²) in [6.45, 7) is 6.90. The van der Waals surface area contributed by atoms with Crippen LogP contribution in [0, 0.1) is 0 Å². The summed E-state index contributed by atoms with van der Waals surface area (Å²) in [5.74, 6) is 1.56. The highest BCUT2D eigenvalue weighted by Gasteiger charge is 2.12. The van der Waals surface area contributed by atoms with Gasteiger partial charge in [-0.05, 0) is 50.8 Å². The van der Waals surface area contributed by atoms with Crippen LogP contribution in [0.5, 0.6) is 0 Å². The number of guanidine groups is 1. The smallest absolute Gasteiger partial charge is 0.189 e. The minimum Gasteiger partial charge on any atom is -0.370 e. The number of aliphatic imine (C=N–C) groups is 1. The average Bonchev–Trinajstić information content (AvgIpc) is 2.46. The Balaban J connectivity index is 1.98. The molecule has 0 bridgehead atoms. The van der Waals surface area contributed by atoms with E-state index in [1.165, 1.54) is 19.3 Å². The van der Waals surface area contributed by atoms with Crippen molar-refractivity contribution in [2.75, 3.05) is 18.0 Å². The first kappa shape index (κ1) is 14.6. The van der Waals surface area contributed by atoms with Crippen molar-refractivity contribution in [2.24, 2.45) is 10.7 Å². The SMILES string of the molecule is CC(C)NC(N)=NCc1ccnc(N2CCCCC2)c1. The summed E-state index contributed by atoms with van der Waals surface area (Å²) >= 11 is 0. The summed E-state index contributed by atoms with van der Waals surface area (Å²) in [6.07, 6.45) is 5.71. The Hall–Kier alpha value is -1.78. The molecule has 1 aromatic rings. The van der Waals surface area contributed by atoms with Crippen molar-refractivity contribution in [3.05, 3.63) is 23.9 Å². The van der Waals surface area contributed by atoms with Crippen LogP contribution in [0.1, 0.15) is 38.7 Å². The molecule has 0 saturated carbocycles. The fraction of sp³-hybridized carbons (Fsp3) is 0.600. The molecule has 0 spiro atoms. The molecule has 0 radical (unpaired) electrons. The van der Waals surface area contributed by atoms with Crippen molar-refractivity contribution in [3.8, 4) is 0 Å². The zero-order valence-electron chi connectivity index (χ0n) is 12.5. The van der Waals surface area contributed by atoms with E-state index < -0.39 is 0 Å². The summed E-state index contributed by atoms with van der Waals surface area (Å²) in [7, 11) is 0. The van der Waals surface area contributed by atoms with Crippen molar-refractivity contribution in [1.82, 2.24) is 10.3 Å². The highest BCUT2D eigenvalue weighted by molar-refractivity contribution is 5.78. The van der Waals surface area contributed by atoms with Crippen molar-refractivity contribution >= 4 is 11.8 Å². The zero-order chi connectivity index (χ0) is 14.4. The van der Waals surface area contributed by atoms with Gasteiger partial charge >= 0.3 is 0 Å². The molecule has 2 rings (SSSR count). The molecule has 0 aliphatic carbocycles. The van der Waals surface area contributed by atoms with Crippen molar-refractivity contribution < 1.29 is 0 Å². The van der Waals surface area contributed by atoms with Crippen molar-refractivity contribution in [1.29, 1.82) is 0 Å². The normalized spacial score (nSPS) is 16.6. The van der Waals surface area contributed by atoms with Crippen LogP contribution < -0.4 is 16.0 Å². The molecule has 1 saturated heterocycles. The Labute approximate surface area is 121 Å². The van der Waals surface area contributed by atoms with Gasteiger partial charge in [0.15, 0.2) is 5.96 Å². The van der Waals surface area contributed by atoms with Crippen LogP contribution in [0.4, 0.5) is 5.82 Å². The molecule has 1 fully saturated rings. The summed E-state index contributed by atoms with van der Waals surface area (Å²) in [5, 5.41) is 3.09. The van der Waals surface area contributed by atoms with Crippen molar-refractivity contribution in [3.63, 3.8) is 0 Å². The highest BCUT2D eigenvalue weighted by atomic mass is 15.2. The van der Waals surface area contributed by atoms with Gasteiger partial charge in [0, 0.05) is 25.3 Å². The van der Waals surface area contributed by atoms with Crippen LogP contribution in [0.3, 0.4) is 0 Å². The molecule has 20 heavy (non-hydrogen) atoms. The molecule has 2 heterocycles. The molecule has 1 aliphatic heterocycles. The fourth-order valence-electron chi connectivity index (χ4n) is 2.37. The highest BCUT2D eigenvalue weighted by Crippen LogP contribution is 2.18. The zero-order valence-corrected chi connectivity index (χ0v) is 12.5. The number of pyridine rings is 1. The van der Waals surface area contributed by atoms with Crippen LogP contribution in [0.15, 0.2) is 23.3 Å². The molecule has 0 amide bonds. The van der Waals surface area contributed by atoms with E-state index in [-0.39, 0.29) is 0 Å². The van der Waals surface area contributed by atoms with Crippen LogP contribution in [0.2, 0.25) is 0 Å². The second-order valence-electron chi connectivity index (χ2n) is 5.57. The van der Waals surface area contributed by atoms with E-state index in [4.69, 9.17) is 5.73 Å². The van der Waals surface area contributed by atoms with Crippen molar-refractivity contribution in [2.45, 2.75) is 45.7 Å². The third-order valence-corrected chi connectivity index (χ3v) is 3.36. The van der Waals surface area contributed by atoms with Crippen LogP contribution >= 0.6 is 0 Å². The maximum absolute atomic E-state index is 5.82. The number of rotatable bonds is 4. The van der Waals surface area contributed by atoms with Gasteiger partial charge in [0.25, 0.3) is 0 Å². The van der Waals surface area contributed by atoms with Gasteiger partial charge in [-0.1, -0.05) is 0 Å². The Morgan fingerprint density at radius 1 is 1.40 bits per heavy atom. The number of anilines is 1. The molecule has 1 aromatic heterocycles. The molecule has 5 heteroatoms. The van der Waals surface area contributed by atoms with Crippen LogP contribution in [-0.4, -0.2) is 30.1 Å². The second kappa shape index (κ2) is 7.12. The number of nitrogens with zero attached hydrogens (tertiary/aromatic N) is 3. The first-order valence-corrected chi connectivity index (χ1v) is 7.41. The lowest BCUT2D eigenvalue weighted by Crippen LogP contribution is -2.36. The number of nitrogens with one attached hydrogen (secondary N) is 1. The molecular formula is C15H25N5.